The topological polar surface area (TPSA) is 0 Å². The fourth-order valence-corrected chi connectivity index (χ4v) is 0. The summed E-state index contributed by atoms with van der Waals surface area (Å²) in [6, 6.07) is 0. The maximum Gasteiger partial charge on any atom is 0.278 e. The molecule has 0 rings (SSSR count). The average Bonchev–Trinajstić information content (AvgIpc) is 1.38. The first-order valence-corrected chi connectivity index (χ1v) is 2.30. The van der Waals surface area contributed by atoms with Crippen LogP contribution < -0.4 is 0 Å². The summed E-state index contributed by atoms with van der Waals surface area (Å²) in [4.78, 5) is 0. The van der Waals surface area contributed by atoms with Crippen molar-refractivity contribution in [2.24, 2.45) is 0 Å². The molecule has 0 nitrogen and oxygen atoms in total. The van der Waals surface area contributed by atoms with Gasteiger partial charge in [0.1, 0.15) is 0 Å². The van der Waals surface area contributed by atoms with Crippen LogP contribution in [0.3, 0.4) is 0 Å². The summed E-state index contributed by atoms with van der Waals surface area (Å²) in [5, 5.41) is 0. The van der Waals surface area contributed by atoms with Crippen LogP contribution in [0.5, 0.6) is 0 Å². The molecule has 0 aromatic carbocycles. The van der Waals surface area contributed by atoms with Crippen molar-refractivity contribution in [2.75, 3.05) is 0 Å². The van der Waals surface area contributed by atoms with E-state index in [2.05, 4.69) is 0 Å². The third kappa shape index (κ3) is 4.93. The van der Waals surface area contributed by atoms with Gasteiger partial charge in [-0.05, 0) is 0 Å². The summed E-state index contributed by atoms with van der Waals surface area (Å²) in [6.45, 7) is 1.17. The van der Waals surface area contributed by atoms with Crippen LogP contribution in [0.15, 0.2) is 0 Å². The molecule has 0 saturated carbocycles. The monoisotopic (exact) mass is 129 g/mol. The molecule has 4 heteroatoms. The molecule has 0 fully saturated rings. The molecule has 0 N–H and O–H groups in total. The minimum atomic E-state index is -0.531. The molecule has 0 bridgehead atoms. The van der Waals surface area contributed by atoms with Crippen LogP contribution in [-0.4, -0.2) is 11.4 Å². The van der Waals surface area contributed by atoms with Crippen molar-refractivity contribution in [1.82, 2.24) is 0 Å². The quantitative estimate of drug-likeness (QED) is 0.373. The zero-order chi connectivity index (χ0) is 4.28. The van der Waals surface area contributed by atoms with E-state index in [9.17, 15) is 0 Å². The smallest absolute Gasteiger partial charge is 0.200 e. The van der Waals surface area contributed by atoms with Crippen molar-refractivity contribution in [2.45, 2.75) is 4.74 Å². The Morgan fingerprint density at radius 2 is 1.60 bits per heavy atom. The Morgan fingerprint density at radius 3 is 1.60 bits per heavy atom. The van der Waals surface area contributed by atoms with E-state index in [0.717, 1.165) is 0 Å². The van der Waals surface area contributed by atoms with Crippen LogP contribution in [0.1, 0.15) is 0 Å². The molecule has 0 heterocycles. The Morgan fingerprint density at radius 1 is 1.40 bits per heavy atom. The van der Waals surface area contributed by atoms with Crippen LogP contribution in [-0.2, 0) is 0 Å². The number of rotatable bonds is 1. The van der Waals surface area contributed by atoms with Gasteiger partial charge in [0, 0.05) is 0 Å². The predicted octanol–water partition coefficient (Wildman–Crippen LogP) is 1.61. The fourth-order valence-electron chi connectivity index (χ4n) is 0. The second kappa shape index (κ2) is 3.14. The number of hydrogen-bond acceptors (Lipinski definition) is 0. The van der Waals surface area contributed by atoms with Crippen LogP contribution in [0.2, 0.25) is 0 Å². The van der Waals surface area contributed by atoms with E-state index in [4.69, 9.17) is 34.7 Å². The molecule has 0 aromatic heterocycles. The first-order chi connectivity index (χ1) is 2.27. The second-order valence-electron chi connectivity index (χ2n) is 0.460. The Hall–Kier alpha value is 0.935. The molecule has 0 amide bonds. The molecule has 0 aromatic rings. The predicted molar refractivity (Wildman–Crippen MR) is 27.1 cm³/mol. The van der Waals surface area contributed by atoms with E-state index in [1.807, 2.05) is 0 Å². The van der Waals surface area contributed by atoms with E-state index in [0.29, 0.717) is 0 Å². The van der Waals surface area contributed by atoms with Crippen LogP contribution >= 0.6 is 34.7 Å². The lowest BCUT2D eigenvalue weighted by atomic mass is 10.2. The Kier molecular flexibility index (Phi) is 3.72. The Balaban J connectivity index is 2.54. The fraction of sp³-hybridized carbons (Fsp3) is 1.00. The third-order valence-electron chi connectivity index (χ3n) is 0.0952. The molecular formula is CHBCl3. The second-order valence-corrected chi connectivity index (χ2v) is 1.88. The number of hydrogen-bond donors (Lipinski definition) is 0. The molecule has 5 heavy (non-hydrogen) atoms. The SMILES string of the molecule is Cl[B]C(Cl)Cl. The van der Waals surface area contributed by atoms with Crippen LogP contribution in [0, 0.1) is 0 Å². The van der Waals surface area contributed by atoms with Crippen LogP contribution in [0.25, 0.3) is 0 Å². The highest BCUT2D eigenvalue weighted by molar-refractivity contribution is 7.01. The highest BCUT2D eigenvalue weighted by atomic mass is 35.5. The van der Waals surface area contributed by atoms with Gasteiger partial charge in [-0.25, -0.2) is 11.5 Å². The summed E-state index contributed by atoms with van der Waals surface area (Å²) in [7, 11) is 0. The van der Waals surface area contributed by atoms with E-state index >= 15 is 0 Å². The molecule has 0 aliphatic heterocycles. The number of halogens is 3. The van der Waals surface area contributed by atoms with Crippen molar-refractivity contribution < 1.29 is 0 Å². The number of alkyl halides is 2. The van der Waals surface area contributed by atoms with E-state index in [-0.39, 0.29) is 0 Å². The van der Waals surface area contributed by atoms with Gasteiger partial charge in [-0.2, -0.15) is 0 Å². The van der Waals surface area contributed by atoms with Gasteiger partial charge in [0.15, 0.2) is 0 Å². The van der Waals surface area contributed by atoms with Gasteiger partial charge in [-0.15, -0.1) is 23.2 Å². The van der Waals surface area contributed by atoms with Crippen molar-refractivity contribution in [3.8, 4) is 0 Å². The summed E-state index contributed by atoms with van der Waals surface area (Å²) >= 11 is 15.0. The van der Waals surface area contributed by atoms with Gasteiger partial charge in [0.2, 0.25) is 0 Å². The van der Waals surface area contributed by atoms with Gasteiger partial charge in [-0.3, -0.25) is 0 Å². The van der Waals surface area contributed by atoms with Crippen molar-refractivity contribution in [3.05, 3.63) is 0 Å². The summed E-state index contributed by atoms with van der Waals surface area (Å²) in [5.41, 5.74) is 0. The Bertz CT molecular complexity index is 20.9. The van der Waals surface area contributed by atoms with Gasteiger partial charge in [0.25, 0.3) is 6.69 Å². The molecule has 0 aliphatic carbocycles. The van der Waals surface area contributed by atoms with Gasteiger partial charge < -0.3 is 0 Å². The van der Waals surface area contributed by atoms with E-state index < -0.39 is 4.74 Å². The van der Waals surface area contributed by atoms with Gasteiger partial charge >= 0.3 is 0 Å². The highest BCUT2D eigenvalue weighted by Crippen LogP contribution is 1.98. The highest BCUT2D eigenvalue weighted by Gasteiger charge is 1.93. The lowest BCUT2D eigenvalue weighted by Crippen LogP contribution is -1.88. The minimum absolute atomic E-state index is 0.531. The molecule has 0 unspecified atom stereocenters. The van der Waals surface area contributed by atoms with E-state index in [1.54, 1.807) is 0 Å². The van der Waals surface area contributed by atoms with Crippen molar-refractivity contribution >= 4 is 41.4 Å². The van der Waals surface area contributed by atoms with Crippen molar-refractivity contribution in [3.63, 3.8) is 0 Å². The molecule has 0 spiro atoms. The molecular weight excluding hydrogens is 129 g/mol. The zero-order valence-electron chi connectivity index (χ0n) is 2.29. The average molecular weight is 130 g/mol. The van der Waals surface area contributed by atoms with Gasteiger partial charge in [-0.1, -0.05) is 0 Å². The lowest BCUT2D eigenvalue weighted by Gasteiger charge is -1.79. The largest absolute Gasteiger partial charge is 0.278 e. The molecule has 29 valence electrons. The summed E-state index contributed by atoms with van der Waals surface area (Å²) < 4.78 is -0.531. The standard InChI is InChI=1S/CHBCl3/c3-1(4)2-5/h1H. The first kappa shape index (κ1) is 5.93. The molecule has 0 saturated heterocycles. The first-order valence-electron chi connectivity index (χ1n) is 0.988. The lowest BCUT2D eigenvalue weighted by molar-refractivity contribution is 1.94. The zero-order valence-corrected chi connectivity index (χ0v) is 4.56. The minimum Gasteiger partial charge on any atom is -0.200 e. The maximum absolute atomic E-state index is 5.04. The normalized spacial score (nSPS) is 8.80. The third-order valence-corrected chi connectivity index (χ3v) is 0.857. The molecule has 1 radical (unpaired) electrons. The summed E-state index contributed by atoms with van der Waals surface area (Å²) in [6.07, 6.45) is 0. The van der Waals surface area contributed by atoms with Gasteiger partial charge in [0.05, 0.1) is 4.74 Å². The summed E-state index contributed by atoms with van der Waals surface area (Å²) in [5.74, 6) is 0. The van der Waals surface area contributed by atoms with Crippen molar-refractivity contribution in [1.29, 1.82) is 0 Å². The molecule has 0 atom stereocenters. The maximum atomic E-state index is 5.04. The van der Waals surface area contributed by atoms with Crippen LogP contribution in [0.4, 0.5) is 0 Å². The Labute approximate surface area is 46.6 Å². The van der Waals surface area contributed by atoms with E-state index in [1.165, 1.54) is 6.69 Å². The molecule has 0 aliphatic rings.